The second kappa shape index (κ2) is 9.50. The topological polar surface area (TPSA) is 50.8 Å². The van der Waals surface area contributed by atoms with Gasteiger partial charge in [-0.15, -0.1) is 0 Å². The summed E-state index contributed by atoms with van der Waals surface area (Å²) in [6.07, 6.45) is 0. The molecule has 0 heterocycles. The molecule has 0 bridgehead atoms. The summed E-state index contributed by atoms with van der Waals surface area (Å²) in [5, 5.41) is 3.26. The zero-order valence-corrected chi connectivity index (χ0v) is 13.4. The molecule has 0 aliphatic rings. The number of hydrogen-bond acceptors (Lipinski definition) is 5. The molecule has 5 nitrogen and oxygen atoms in total. The van der Waals surface area contributed by atoms with E-state index in [0.29, 0.717) is 13.2 Å². The minimum atomic E-state index is -0.429. The van der Waals surface area contributed by atoms with Gasteiger partial charge in [0, 0.05) is 20.2 Å². The lowest BCUT2D eigenvalue weighted by molar-refractivity contribution is -0.145. The van der Waals surface area contributed by atoms with E-state index in [4.69, 9.17) is 9.47 Å². The molecule has 1 aromatic carbocycles. The fourth-order valence-corrected chi connectivity index (χ4v) is 1.97. The van der Waals surface area contributed by atoms with Crippen LogP contribution in [0.4, 0.5) is 0 Å². The Bertz CT molecular complexity index is 418. The molecule has 5 heteroatoms. The number of methoxy groups -OCH3 is 1. The number of rotatable bonds is 9. The predicted molar refractivity (Wildman–Crippen MR) is 83.1 cm³/mol. The van der Waals surface area contributed by atoms with Crippen LogP contribution in [0.1, 0.15) is 24.1 Å². The monoisotopic (exact) mass is 294 g/mol. The SMILES string of the molecule is CCOC(=O)C(NCCN(C)C)c1ccc(COC)cc1. The Hall–Kier alpha value is -1.43. The summed E-state index contributed by atoms with van der Waals surface area (Å²) in [6.45, 7) is 4.34. The lowest BCUT2D eigenvalue weighted by Gasteiger charge is -2.19. The van der Waals surface area contributed by atoms with Crippen LogP contribution in [-0.4, -0.2) is 51.8 Å². The van der Waals surface area contributed by atoms with Gasteiger partial charge in [0.15, 0.2) is 0 Å². The first-order chi connectivity index (χ1) is 10.1. The van der Waals surface area contributed by atoms with Crippen LogP contribution in [0.3, 0.4) is 0 Å². The van der Waals surface area contributed by atoms with Crippen molar-refractivity contribution < 1.29 is 14.3 Å². The van der Waals surface area contributed by atoms with Crippen molar-refractivity contribution in [3.05, 3.63) is 35.4 Å². The second-order valence-electron chi connectivity index (χ2n) is 5.12. The highest BCUT2D eigenvalue weighted by Crippen LogP contribution is 2.16. The minimum absolute atomic E-state index is 0.240. The van der Waals surface area contributed by atoms with E-state index in [-0.39, 0.29) is 5.97 Å². The highest BCUT2D eigenvalue weighted by Gasteiger charge is 2.21. The lowest BCUT2D eigenvalue weighted by atomic mass is 10.0. The largest absolute Gasteiger partial charge is 0.465 e. The van der Waals surface area contributed by atoms with Gasteiger partial charge in [-0.1, -0.05) is 24.3 Å². The van der Waals surface area contributed by atoms with E-state index in [2.05, 4.69) is 10.2 Å². The van der Waals surface area contributed by atoms with Gasteiger partial charge in [0.25, 0.3) is 0 Å². The summed E-state index contributed by atoms with van der Waals surface area (Å²) in [6, 6.07) is 7.40. The van der Waals surface area contributed by atoms with Crippen LogP contribution in [0, 0.1) is 0 Å². The van der Waals surface area contributed by atoms with Crippen molar-refractivity contribution in [2.45, 2.75) is 19.6 Å². The van der Waals surface area contributed by atoms with E-state index >= 15 is 0 Å². The van der Waals surface area contributed by atoms with Crippen molar-refractivity contribution in [3.63, 3.8) is 0 Å². The standard InChI is InChI=1S/C16H26N2O3/c1-5-21-16(19)15(17-10-11-18(2)3)14-8-6-13(7-9-14)12-20-4/h6-9,15,17H,5,10-12H2,1-4H3. The van der Waals surface area contributed by atoms with Gasteiger partial charge in [0.1, 0.15) is 6.04 Å². The van der Waals surface area contributed by atoms with Crippen molar-refractivity contribution >= 4 is 5.97 Å². The van der Waals surface area contributed by atoms with E-state index in [1.54, 1.807) is 7.11 Å². The average Bonchev–Trinajstić information content (AvgIpc) is 2.45. The van der Waals surface area contributed by atoms with Gasteiger partial charge in [-0.2, -0.15) is 0 Å². The van der Waals surface area contributed by atoms with E-state index < -0.39 is 6.04 Å². The molecular formula is C16H26N2O3. The zero-order valence-electron chi connectivity index (χ0n) is 13.4. The number of carbonyl (C=O) groups excluding carboxylic acids is 1. The third-order valence-electron chi connectivity index (χ3n) is 3.05. The molecule has 0 radical (unpaired) electrons. The van der Waals surface area contributed by atoms with Crippen LogP contribution >= 0.6 is 0 Å². The summed E-state index contributed by atoms with van der Waals surface area (Å²) in [7, 11) is 5.67. The molecule has 1 aromatic rings. The summed E-state index contributed by atoms with van der Waals surface area (Å²) >= 11 is 0. The molecule has 118 valence electrons. The van der Waals surface area contributed by atoms with Crippen LogP contribution in [0.15, 0.2) is 24.3 Å². The molecule has 0 fully saturated rings. The molecule has 1 atom stereocenters. The number of ether oxygens (including phenoxy) is 2. The van der Waals surface area contributed by atoms with E-state index in [0.717, 1.165) is 24.2 Å². The average molecular weight is 294 g/mol. The van der Waals surface area contributed by atoms with E-state index in [1.807, 2.05) is 45.3 Å². The van der Waals surface area contributed by atoms with Crippen LogP contribution in [0.5, 0.6) is 0 Å². The van der Waals surface area contributed by atoms with Gasteiger partial charge in [-0.25, -0.2) is 4.79 Å². The molecule has 0 amide bonds. The Morgan fingerprint density at radius 1 is 1.29 bits per heavy atom. The molecule has 0 saturated carbocycles. The summed E-state index contributed by atoms with van der Waals surface area (Å²) < 4.78 is 10.2. The number of nitrogens with one attached hydrogen (secondary N) is 1. The number of esters is 1. The number of carbonyl (C=O) groups is 1. The molecule has 0 aliphatic heterocycles. The molecule has 1 unspecified atom stereocenters. The number of hydrogen-bond donors (Lipinski definition) is 1. The number of nitrogens with zero attached hydrogens (tertiary/aromatic N) is 1. The maximum atomic E-state index is 12.1. The normalized spacial score (nSPS) is 12.4. The smallest absolute Gasteiger partial charge is 0.327 e. The predicted octanol–water partition coefficient (Wildman–Crippen LogP) is 1.59. The molecule has 1 N–H and O–H groups in total. The van der Waals surface area contributed by atoms with Gasteiger partial charge >= 0.3 is 5.97 Å². The first-order valence-corrected chi connectivity index (χ1v) is 7.21. The fourth-order valence-electron chi connectivity index (χ4n) is 1.97. The number of benzene rings is 1. The van der Waals surface area contributed by atoms with Crippen molar-refractivity contribution in [3.8, 4) is 0 Å². The maximum Gasteiger partial charge on any atom is 0.327 e. The number of likely N-dealkylation sites (N-methyl/N-ethyl adjacent to an activating group) is 1. The quantitative estimate of drug-likeness (QED) is 0.701. The first-order valence-electron chi connectivity index (χ1n) is 7.21. The van der Waals surface area contributed by atoms with Crippen molar-refractivity contribution in [1.82, 2.24) is 10.2 Å². The van der Waals surface area contributed by atoms with Crippen molar-refractivity contribution in [1.29, 1.82) is 0 Å². The van der Waals surface area contributed by atoms with Crippen LogP contribution < -0.4 is 5.32 Å². The Labute approximate surface area is 127 Å². The first kappa shape index (κ1) is 17.6. The van der Waals surface area contributed by atoms with Gasteiger partial charge in [0.2, 0.25) is 0 Å². The molecule has 0 aliphatic carbocycles. The van der Waals surface area contributed by atoms with Gasteiger partial charge in [-0.3, -0.25) is 5.32 Å². The molecule has 21 heavy (non-hydrogen) atoms. The Balaban J connectivity index is 2.76. The Morgan fingerprint density at radius 2 is 1.95 bits per heavy atom. The van der Waals surface area contributed by atoms with E-state index in [9.17, 15) is 4.79 Å². The minimum Gasteiger partial charge on any atom is -0.465 e. The molecule has 0 spiro atoms. The highest BCUT2D eigenvalue weighted by atomic mass is 16.5. The van der Waals surface area contributed by atoms with E-state index in [1.165, 1.54) is 0 Å². The van der Waals surface area contributed by atoms with Crippen molar-refractivity contribution in [2.75, 3.05) is 40.9 Å². The fraction of sp³-hybridized carbons (Fsp3) is 0.562. The highest BCUT2D eigenvalue weighted by molar-refractivity contribution is 5.77. The van der Waals surface area contributed by atoms with Gasteiger partial charge in [0.05, 0.1) is 13.2 Å². The zero-order chi connectivity index (χ0) is 15.7. The third kappa shape index (κ3) is 6.25. The molecule has 1 rings (SSSR count). The van der Waals surface area contributed by atoms with Gasteiger partial charge < -0.3 is 14.4 Å². The Kier molecular flexibility index (Phi) is 7.97. The van der Waals surface area contributed by atoms with Crippen LogP contribution in [-0.2, 0) is 20.9 Å². The molecule has 0 aromatic heterocycles. The molecular weight excluding hydrogens is 268 g/mol. The maximum absolute atomic E-state index is 12.1. The summed E-state index contributed by atoms with van der Waals surface area (Å²) in [4.78, 5) is 14.2. The summed E-state index contributed by atoms with van der Waals surface area (Å²) in [5.74, 6) is -0.240. The molecule has 0 saturated heterocycles. The van der Waals surface area contributed by atoms with Crippen molar-refractivity contribution in [2.24, 2.45) is 0 Å². The van der Waals surface area contributed by atoms with Crippen LogP contribution in [0.25, 0.3) is 0 Å². The summed E-state index contributed by atoms with van der Waals surface area (Å²) in [5.41, 5.74) is 1.99. The Morgan fingerprint density at radius 3 is 2.48 bits per heavy atom. The third-order valence-corrected chi connectivity index (χ3v) is 3.05. The van der Waals surface area contributed by atoms with Crippen LogP contribution in [0.2, 0.25) is 0 Å². The lowest BCUT2D eigenvalue weighted by Crippen LogP contribution is -2.35. The second-order valence-corrected chi connectivity index (χ2v) is 5.12. The van der Waals surface area contributed by atoms with Gasteiger partial charge in [-0.05, 0) is 32.1 Å².